The second kappa shape index (κ2) is 2.84. The van der Waals surface area contributed by atoms with Crippen LogP contribution in [0.4, 0.5) is 0 Å². The smallest absolute Gasteiger partial charge is 0.0292 e. The predicted octanol–water partition coefficient (Wildman–Crippen LogP) is 1.78. The summed E-state index contributed by atoms with van der Waals surface area (Å²) in [5.74, 6) is 0. The Labute approximate surface area is 61.9 Å². The molecule has 0 radical (unpaired) electrons. The molecular formula is C9H13N. The molecule has 0 fully saturated rings. The lowest BCUT2D eigenvalue weighted by Crippen LogP contribution is -2.19. The van der Waals surface area contributed by atoms with E-state index in [9.17, 15) is 0 Å². The molecule has 0 saturated heterocycles. The minimum Gasteiger partial charge on any atom is -0.324 e. The highest BCUT2D eigenvalue weighted by molar-refractivity contribution is 5.30. The molecule has 1 atom stereocenters. The van der Waals surface area contributed by atoms with Crippen molar-refractivity contribution in [3.8, 4) is 0 Å². The molecule has 0 aromatic heterocycles. The van der Waals surface area contributed by atoms with Gasteiger partial charge in [-0.05, 0) is 18.4 Å². The number of allylic oxidation sites excluding steroid dienone is 2. The summed E-state index contributed by atoms with van der Waals surface area (Å²) in [5.41, 5.74) is 7.91. The van der Waals surface area contributed by atoms with Crippen LogP contribution in [0, 0.1) is 0 Å². The van der Waals surface area contributed by atoms with Gasteiger partial charge in [0.15, 0.2) is 0 Å². The zero-order valence-corrected chi connectivity index (χ0v) is 6.14. The van der Waals surface area contributed by atoms with Crippen LogP contribution in [0.5, 0.6) is 0 Å². The fourth-order valence-corrected chi connectivity index (χ4v) is 0.958. The van der Waals surface area contributed by atoms with Crippen LogP contribution in [0.2, 0.25) is 0 Å². The van der Waals surface area contributed by atoms with Gasteiger partial charge in [-0.25, -0.2) is 0 Å². The van der Waals surface area contributed by atoms with Crippen LogP contribution >= 0.6 is 0 Å². The average Bonchev–Trinajstić information content (AvgIpc) is 2.04. The number of hydrogen-bond acceptors (Lipinski definition) is 1. The minimum atomic E-state index is 0.135. The van der Waals surface area contributed by atoms with Crippen LogP contribution in [0.1, 0.15) is 12.8 Å². The summed E-state index contributed by atoms with van der Waals surface area (Å²) < 4.78 is 0. The molecule has 0 heterocycles. The van der Waals surface area contributed by atoms with Crippen LogP contribution in [0.3, 0.4) is 0 Å². The van der Waals surface area contributed by atoms with Crippen LogP contribution in [0.15, 0.2) is 36.5 Å². The molecule has 1 heteroatoms. The van der Waals surface area contributed by atoms with Gasteiger partial charge in [0, 0.05) is 6.04 Å². The quantitative estimate of drug-likeness (QED) is 0.538. The van der Waals surface area contributed by atoms with Crippen molar-refractivity contribution in [2.75, 3.05) is 0 Å². The first-order valence-corrected chi connectivity index (χ1v) is 3.50. The van der Waals surface area contributed by atoms with E-state index in [0.29, 0.717) is 0 Å². The van der Waals surface area contributed by atoms with Crippen molar-refractivity contribution in [3.63, 3.8) is 0 Å². The van der Waals surface area contributed by atoms with Crippen LogP contribution in [-0.4, -0.2) is 6.04 Å². The SMILES string of the molecule is C=C1C=CC(=C)C(N)CC1. The van der Waals surface area contributed by atoms with Crippen molar-refractivity contribution in [1.29, 1.82) is 0 Å². The highest BCUT2D eigenvalue weighted by Gasteiger charge is 2.07. The van der Waals surface area contributed by atoms with Gasteiger partial charge < -0.3 is 5.73 Å². The maximum atomic E-state index is 5.75. The van der Waals surface area contributed by atoms with Crippen molar-refractivity contribution in [2.24, 2.45) is 5.73 Å². The fourth-order valence-electron chi connectivity index (χ4n) is 0.958. The standard InChI is InChI=1S/C9H13N/c1-7-3-5-8(2)9(10)6-4-7/h3,5,9H,1-2,4,6,10H2. The second-order valence-electron chi connectivity index (χ2n) is 2.71. The normalized spacial score (nSPS) is 26.7. The molecule has 1 aliphatic rings. The maximum Gasteiger partial charge on any atom is 0.0292 e. The number of rotatable bonds is 0. The topological polar surface area (TPSA) is 26.0 Å². The zero-order valence-electron chi connectivity index (χ0n) is 6.14. The van der Waals surface area contributed by atoms with Gasteiger partial charge in [-0.15, -0.1) is 0 Å². The molecule has 1 nitrogen and oxygen atoms in total. The lowest BCUT2D eigenvalue weighted by Gasteiger charge is -2.06. The number of hydrogen-bond donors (Lipinski definition) is 1. The molecule has 0 amide bonds. The van der Waals surface area contributed by atoms with E-state index in [4.69, 9.17) is 5.73 Å². The van der Waals surface area contributed by atoms with Gasteiger partial charge in [-0.1, -0.05) is 30.9 Å². The summed E-state index contributed by atoms with van der Waals surface area (Å²) in [5, 5.41) is 0. The summed E-state index contributed by atoms with van der Waals surface area (Å²) in [6.07, 6.45) is 5.93. The summed E-state index contributed by atoms with van der Waals surface area (Å²) in [4.78, 5) is 0. The summed E-state index contributed by atoms with van der Waals surface area (Å²) in [7, 11) is 0. The van der Waals surface area contributed by atoms with Gasteiger partial charge in [0.05, 0.1) is 0 Å². The molecule has 0 saturated carbocycles. The predicted molar refractivity (Wildman–Crippen MR) is 44.6 cm³/mol. The largest absolute Gasteiger partial charge is 0.324 e. The molecule has 1 aliphatic carbocycles. The van der Waals surface area contributed by atoms with Gasteiger partial charge in [0.2, 0.25) is 0 Å². The van der Waals surface area contributed by atoms with Crippen molar-refractivity contribution >= 4 is 0 Å². The highest BCUT2D eigenvalue weighted by atomic mass is 14.6. The van der Waals surface area contributed by atoms with Gasteiger partial charge >= 0.3 is 0 Å². The van der Waals surface area contributed by atoms with E-state index in [0.717, 1.165) is 24.0 Å². The monoisotopic (exact) mass is 135 g/mol. The molecule has 1 unspecified atom stereocenters. The Balaban J connectivity index is 2.71. The Morgan fingerprint density at radius 2 is 2.10 bits per heavy atom. The van der Waals surface area contributed by atoms with Gasteiger partial charge in [0.25, 0.3) is 0 Å². The third kappa shape index (κ3) is 1.58. The minimum absolute atomic E-state index is 0.135. The second-order valence-corrected chi connectivity index (χ2v) is 2.71. The van der Waals surface area contributed by atoms with E-state index in [2.05, 4.69) is 13.2 Å². The first-order valence-electron chi connectivity index (χ1n) is 3.50. The van der Waals surface area contributed by atoms with Crippen LogP contribution in [0.25, 0.3) is 0 Å². The third-order valence-corrected chi connectivity index (χ3v) is 1.79. The first kappa shape index (κ1) is 7.29. The first-order chi connectivity index (χ1) is 4.70. The van der Waals surface area contributed by atoms with Crippen molar-refractivity contribution in [3.05, 3.63) is 36.5 Å². The Hall–Kier alpha value is -0.820. The van der Waals surface area contributed by atoms with E-state index < -0.39 is 0 Å². The van der Waals surface area contributed by atoms with Crippen molar-refractivity contribution < 1.29 is 0 Å². The lowest BCUT2D eigenvalue weighted by molar-refractivity contribution is 0.712. The summed E-state index contributed by atoms with van der Waals surface area (Å²) >= 11 is 0. The Bertz CT molecular complexity index is 189. The molecule has 0 spiro atoms. The van der Waals surface area contributed by atoms with E-state index in [1.807, 2.05) is 12.2 Å². The van der Waals surface area contributed by atoms with E-state index in [-0.39, 0.29) is 6.04 Å². The third-order valence-electron chi connectivity index (χ3n) is 1.79. The average molecular weight is 135 g/mol. The van der Waals surface area contributed by atoms with Gasteiger partial charge in [0.1, 0.15) is 0 Å². The van der Waals surface area contributed by atoms with E-state index in [1.54, 1.807) is 0 Å². The Kier molecular flexibility index (Phi) is 2.07. The van der Waals surface area contributed by atoms with Crippen molar-refractivity contribution in [2.45, 2.75) is 18.9 Å². The van der Waals surface area contributed by atoms with Crippen LogP contribution < -0.4 is 5.73 Å². The maximum absolute atomic E-state index is 5.75. The molecule has 0 aliphatic heterocycles. The molecule has 2 N–H and O–H groups in total. The zero-order chi connectivity index (χ0) is 7.56. The highest BCUT2D eigenvalue weighted by Crippen LogP contribution is 2.16. The Morgan fingerprint density at radius 1 is 1.40 bits per heavy atom. The van der Waals surface area contributed by atoms with E-state index >= 15 is 0 Å². The molecule has 54 valence electrons. The number of nitrogens with two attached hydrogens (primary N) is 1. The molecule has 1 rings (SSSR count). The van der Waals surface area contributed by atoms with Gasteiger partial charge in [-0.2, -0.15) is 0 Å². The van der Waals surface area contributed by atoms with E-state index in [1.165, 1.54) is 0 Å². The lowest BCUT2D eigenvalue weighted by atomic mass is 10.1. The van der Waals surface area contributed by atoms with Crippen molar-refractivity contribution in [1.82, 2.24) is 0 Å². The van der Waals surface area contributed by atoms with Crippen LogP contribution in [-0.2, 0) is 0 Å². The molecule has 0 aromatic rings. The summed E-state index contributed by atoms with van der Waals surface area (Å²) in [6.45, 7) is 7.70. The summed E-state index contributed by atoms with van der Waals surface area (Å²) in [6, 6.07) is 0.135. The molecule has 0 bridgehead atoms. The molecular weight excluding hydrogens is 122 g/mol. The molecule has 10 heavy (non-hydrogen) atoms. The van der Waals surface area contributed by atoms with Gasteiger partial charge in [-0.3, -0.25) is 0 Å². The molecule has 0 aromatic carbocycles. The fraction of sp³-hybridized carbons (Fsp3) is 0.333. The Morgan fingerprint density at radius 3 is 2.80 bits per heavy atom.